The zero-order valence-corrected chi connectivity index (χ0v) is 31.8. The summed E-state index contributed by atoms with van der Waals surface area (Å²) in [5.74, 6) is 3.06. The Hall–Kier alpha value is -3.14. The third kappa shape index (κ3) is 7.70. The second-order valence-electron chi connectivity index (χ2n) is 17.5. The van der Waals surface area contributed by atoms with E-state index in [9.17, 15) is 9.59 Å². The quantitative estimate of drug-likeness (QED) is 0.138. The topological polar surface area (TPSA) is 55.4 Å². The fourth-order valence-electron chi connectivity index (χ4n) is 11.2. The Morgan fingerprint density at radius 3 is 2.34 bits per heavy atom. The average Bonchev–Trinajstić information content (AvgIpc) is 3.47. The summed E-state index contributed by atoms with van der Waals surface area (Å²) in [6.45, 7) is 14.8. The SMILES string of the molecule is C/C(=C\C(C(=O)NCc1ccccc1)C(=O)O[C@H]1CC[C@@]2(C)C(=CC[C@H]3[C@@H]4CC[C@H]([C@H](C)CCCC(C)C)[C@@]4(C)CC[C@@H]32)C1)c1ccccc1. The molecular formula is C46H63NO3. The molecule has 0 saturated heterocycles. The maximum Gasteiger partial charge on any atom is 0.322 e. The van der Waals surface area contributed by atoms with Gasteiger partial charge in [-0.1, -0.05) is 132 Å². The van der Waals surface area contributed by atoms with Crippen molar-refractivity contribution < 1.29 is 14.3 Å². The van der Waals surface area contributed by atoms with E-state index in [0.29, 0.717) is 12.0 Å². The van der Waals surface area contributed by atoms with Gasteiger partial charge in [0.15, 0.2) is 5.92 Å². The minimum Gasteiger partial charge on any atom is -0.461 e. The Bertz CT molecular complexity index is 1530. The van der Waals surface area contributed by atoms with E-state index in [0.717, 1.165) is 71.5 Å². The average molecular weight is 678 g/mol. The summed E-state index contributed by atoms with van der Waals surface area (Å²) in [5, 5.41) is 3.01. The standard InChI is InChI=1S/C46H63NO3/c1-31(2)14-13-15-32(3)40-22-23-41-38-21-20-36-29-37(24-26-45(36,5)42(38)25-27-46(40,41)6)50-44(49)39(28-33(4)35-18-11-8-12-19-35)43(48)47-30-34-16-9-7-10-17-34/h7-12,16-20,28,31-32,37-42H,13-15,21-27,29-30H2,1-6H3,(H,47,48)/b33-28+/t32-,37+,38+,39?,40-,41+,42+,45+,46-/m1/s1. The summed E-state index contributed by atoms with van der Waals surface area (Å²) < 4.78 is 6.28. The van der Waals surface area contributed by atoms with E-state index in [1.54, 1.807) is 6.08 Å². The van der Waals surface area contributed by atoms with Crippen molar-refractivity contribution >= 4 is 17.4 Å². The highest BCUT2D eigenvalue weighted by Gasteiger charge is 2.59. The molecule has 4 nitrogen and oxygen atoms in total. The second kappa shape index (κ2) is 15.6. The van der Waals surface area contributed by atoms with Crippen LogP contribution in [0, 0.1) is 52.3 Å². The highest BCUT2D eigenvalue weighted by molar-refractivity contribution is 6.01. The van der Waals surface area contributed by atoms with Gasteiger partial charge in [0.1, 0.15) is 6.10 Å². The number of ether oxygens (including phenoxy) is 1. The normalized spacial score (nSPS) is 31.9. The molecule has 0 spiro atoms. The van der Waals surface area contributed by atoms with Gasteiger partial charge in [-0.15, -0.1) is 0 Å². The molecule has 2 aromatic carbocycles. The molecule has 50 heavy (non-hydrogen) atoms. The lowest BCUT2D eigenvalue weighted by atomic mass is 9.47. The van der Waals surface area contributed by atoms with E-state index < -0.39 is 11.9 Å². The Kier molecular flexibility index (Phi) is 11.4. The predicted molar refractivity (Wildman–Crippen MR) is 205 cm³/mol. The Morgan fingerprint density at radius 1 is 0.900 bits per heavy atom. The molecule has 2 aromatic rings. The summed E-state index contributed by atoms with van der Waals surface area (Å²) >= 11 is 0. The van der Waals surface area contributed by atoms with E-state index in [1.807, 2.05) is 67.6 Å². The number of carbonyl (C=O) groups excluding carboxylic acids is 2. The van der Waals surface area contributed by atoms with Crippen molar-refractivity contribution in [1.82, 2.24) is 5.32 Å². The van der Waals surface area contributed by atoms with Gasteiger partial charge in [0.05, 0.1) is 0 Å². The molecule has 0 aliphatic heterocycles. The van der Waals surface area contributed by atoms with Crippen LogP contribution in [0.4, 0.5) is 0 Å². The molecule has 3 saturated carbocycles. The first kappa shape index (κ1) is 36.6. The first-order valence-electron chi connectivity index (χ1n) is 19.9. The number of nitrogens with one attached hydrogen (secondary N) is 1. The first-order valence-corrected chi connectivity index (χ1v) is 19.9. The monoisotopic (exact) mass is 677 g/mol. The van der Waals surface area contributed by atoms with Crippen LogP contribution >= 0.6 is 0 Å². The van der Waals surface area contributed by atoms with Crippen molar-refractivity contribution in [3.05, 3.63) is 89.5 Å². The number of hydrogen-bond acceptors (Lipinski definition) is 3. The molecule has 0 heterocycles. The molecule has 9 atom stereocenters. The van der Waals surface area contributed by atoms with Crippen molar-refractivity contribution in [3.63, 3.8) is 0 Å². The molecule has 1 N–H and O–H groups in total. The van der Waals surface area contributed by atoms with Gasteiger partial charge in [0.25, 0.3) is 0 Å². The van der Waals surface area contributed by atoms with Gasteiger partial charge >= 0.3 is 5.97 Å². The molecule has 0 aromatic heterocycles. The number of allylic oxidation sites excluding steroid dienone is 2. The predicted octanol–water partition coefficient (Wildman–Crippen LogP) is 11.0. The maximum absolute atomic E-state index is 13.9. The Balaban J connectivity index is 1.13. The van der Waals surface area contributed by atoms with Crippen LogP contribution in [0.15, 0.2) is 78.4 Å². The van der Waals surface area contributed by atoms with Crippen LogP contribution in [-0.4, -0.2) is 18.0 Å². The maximum atomic E-state index is 13.9. The van der Waals surface area contributed by atoms with Crippen molar-refractivity contribution in [2.75, 3.05) is 0 Å². The van der Waals surface area contributed by atoms with Crippen molar-refractivity contribution in [1.29, 1.82) is 0 Å². The molecule has 1 amide bonds. The number of carbonyl (C=O) groups is 2. The summed E-state index contributed by atoms with van der Waals surface area (Å²) in [4.78, 5) is 27.5. The van der Waals surface area contributed by atoms with Gasteiger partial charge in [0.2, 0.25) is 5.91 Å². The van der Waals surface area contributed by atoms with Gasteiger partial charge in [0, 0.05) is 13.0 Å². The first-order chi connectivity index (χ1) is 24.0. The molecule has 1 unspecified atom stereocenters. The van der Waals surface area contributed by atoms with E-state index in [2.05, 4.69) is 46.0 Å². The summed E-state index contributed by atoms with van der Waals surface area (Å²) in [7, 11) is 0. The molecule has 0 bridgehead atoms. The third-order valence-electron chi connectivity index (χ3n) is 14.0. The van der Waals surface area contributed by atoms with E-state index in [-0.39, 0.29) is 17.4 Å². The van der Waals surface area contributed by atoms with Crippen molar-refractivity contribution in [2.45, 2.75) is 125 Å². The van der Waals surface area contributed by atoms with Crippen molar-refractivity contribution in [2.24, 2.45) is 52.3 Å². The molecule has 6 rings (SSSR count). The lowest BCUT2D eigenvalue weighted by Crippen LogP contribution is -2.51. The highest BCUT2D eigenvalue weighted by atomic mass is 16.5. The molecular weight excluding hydrogens is 615 g/mol. The van der Waals surface area contributed by atoms with E-state index in [1.165, 1.54) is 56.9 Å². The van der Waals surface area contributed by atoms with Crippen LogP contribution in [0.3, 0.4) is 0 Å². The number of rotatable bonds is 12. The second-order valence-corrected chi connectivity index (χ2v) is 17.5. The lowest BCUT2D eigenvalue weighted by molar-refractivity contribution is -0.157. The molecule has 4 heteroatoms. The summed E-state index contributed by atoms with van der Waals surface area (Å²) in [6.07, 6.45) is 17.7. The Labute approximate surface area is 302 Å². The minimum atomic E-state index is -1.00. The van der Waals surface area contributed by atoms with E-state index >= 15 is 0 Å². The number of fused-ring (bicyclic) bond motifs is 5. The van der Waals surface area contributed by atoms with Crippen LogP contribution in [-0.2, 0) is 20.9 Å². The third-order valence-corrected chi connectivity index (χ3v) is 14.0. The molecule has 270 valence electrons. The summed E-state index contributed by atoms with van der Waals surface area (Å²) in [5.41, 5.74) is 5.05. The number of benzene rings is 2. The van der Waals surface area contributed by atoms with Gasteiger partial charge in [-0.05, 0) is 115 Å². The largest absolute Gasteiger partial charge is 0.461 e. The number of hydrogen-bond donors (Lipinski definition) is 1. The highest BCUT2D eigenvalue weighted by Crippen LogP contribution is 2.67. The van der Waals surface area contributed by atoms with E-state index in [4.69, 9.17) is 4.74 Å². The Morgan fingerprint density at radius 2 is 1.62 bits per heavy atom. The zero-order chi connectivity index (χ0) is 35.5. The lowest BCUT2D eigenvalue weighted by Gasteiger charge is -2.58. The van der Waals surface area contributed by atoms with Gasteiger partial charge in [-0.2, -0.15) is 0 Å². The summed E-state index contributed by atoms with van der Waals surface area (Å²) in [6, 6.07) is 19.8. The fourth-order valence-corrected chi connectivity index (χ4v) is 11.2. The van der Waals surface area contributed by atoms with Crippen LogP contribution in [0.1, 0.15) is 123 Å². The van der Waals surface area contributed by atoms with Crippen LogP contribution in [0.25, 0.3) is 5.57 Å². The van der Waals surface area contributed by atoms with Crippen LogP contribution in [0.5, 0.6) is 0 Å². The smallest absolute Gasteiger partial charge is 0.322 e. The van der Waals surface area contributed by atoms with Gasteiger partial charge in [-0.3, -0.25) is 9.59 Å². The molecule has 4 aliphatic carbocycles. The fraction of sp³-hybridized carbons (Fsp3) is 0.609. The molecule has 3 fully saturated rings. The number of amides is 1. The molecule has 0 radical (unpaired) electrons. The number of esters is 1. The zero-order valence-electron chi connectivity index (χ0n) is 31.8. The van der Waals surface area contributed by atoms with Crippen LogP contribution < -0.4 is 5.32 Å². The molecule has 4 aliphatic rings. The van der Waals surface area contributed by atoms with Gasteiger partial charge < -0.3 is 10.1 Å². The van der Waals surface area contributed by atoms with Crippen LogP contribution in [0.2, 0.25) is 0 Å². The van der Waals surface area contributed by atoms with Gasteiger partial charge in [-0.25, -0.2) is 0 Å². The minimum absolute atomic E-state index is 0.185. The van der Waals surface area contributed by atoms with Crippen molar-refractivity contribution in [3.8, 4) is 0 Å².